The molecule has 5 nitrogen and oxygen atoms in total. The Morgan fingerprint density at radius 3 is 2.76 bits per heavy atom. The van der Waals surface area contributed by atoms with E-state index in [1.54, 1.807) is 7.05 Å². The molecule has 6 heteroatoms. The van der Waals surface area contributed by atoms with Crippen LogP contribution in [0.25, 0.3) is 10.9 Å². The molecule has 0 atom stereocenters. The van der Waals surface area contributed by atoms with Crippen molar-refractivity contribution in [3.63, 3.8) is 0 Å². The van der Waals surface area contributed by atoms with Crippen LogP contribution in [0.4, 0.5) is 0 Å². The summed E-state index contributed by atoms with van der Waals surface area (Å²) in [5.41, 5.74) is 1.64. The lowest BCUT2D eigenvalue weighted by Crippen LogP contribution is -2.38. The van der Waals surface area contributed by atoms with Gasteiger partial charge >= 0.3 is 0 Å². The maximum absolute atomic E-state index is 12.5. The largest absolute Gasteiger partial charge is 0.353 e. The summed E-state index contributed by atoms with van der Waals surface area (Å²) in [5, 5.41) is 4.31. The van der Waals surface area contributed by atoms with Crippen molar-refractivity contribution in [2.24, 2.45) is 13.0 Å². The molecular weight excluding hydrogens is 334 g/mol. The first kappa shape index (κ1) is 18.0. The highest BCUT2D eigenvalue weighted by atomic mass is 32.2. The van der Waals surface area contributed by atoms with E-state index in [1.807, 2.05) is 25.1 Å². The van der Waals surface area contributed by atoms with Crippen LogP contribution in [0.5, 0.6) is 0 Å². The lowest BCUT2D eigenvalue weighted by atomic mass is 9.87. The number of nitrogens with one attached hydrogen (secondary N) is 1. The molecule has 1 amide bonds. The number of aryl methyl sites for hydroxylation is 1. The van der Waals surface area contributed by atoms with Crippen molar-refractivity contribution in [2.75, 3.05) is 5.75 Å². The van der Waals surface area contributed by atoms with E-state index in [-0.39, 0.29) is 17.2 Å². The van der Waals surface area contributed by atoms with Crippen LogP contribution < -0.4 is 10.9 Å². The van der Waals surface area contributed by atoms with Crippen molar-refractivity contribution >= 4 is 28.6 Å². The molecule has 0 aliphatic heterocycles. The summed E-state index contributed by atoms with van der Waals surface area (Å²) in [6.45, 7) is 4.22. The van der Waals surface area contributed by atoms with Crippen LogP contribution in [-0.4, -0.2) is 27.3 Å². The maximum atomic E-state index is 12.5. The molecule has 3 rings (SSSR count). The van der Waals surface area contributed by atoms with Crippen LogP contribution in [0.3, 0.4) is 0 Å². The van der Waals surface area contributed by atoms with Gasteiger partial charge in [-0.25, -0.2) is 4.98 Å². The minimum Gasteiger partial charge on any atom is -0.353 e. The van der Waals surface area contributed by atoms with Gasteiger partial charge in [0, 0.05) is 13.1 Å². The zero-order valence-electron chi connectivity index (χ0n) is 15.0. The molecule has 1 aromatic heterocycles. The molecule has 0 bridgehead atoms. The van der Waals surface area contributed by atoms with Gasteiger partial charge in [0.15, 0.2) is 5.16 Å². The third-order valence-corrected chi connectivity index (χ3v) is 5.93. The number of benzene rings is 1. The molecule has 1 aliphatic rings. The van der Waals surface area contributed by atoms with Crippen molar-refractivity contribution in [1.82, 2.24) is 14.9 Å². The Hall–Kier alpha value is -1.82. The second kappa shape index (κ2) is 7.60. The predicted molar refractivity (Wildman–Crippen MR) is 102 cm³/mol. The molecule has 0 unspecified atom stereocenters. The average molecular weight is 359 g/mol. The molecule has 0 saturated heterocycles. The molecule has 1 aliphatic carbocycles. The number of hydrogen-bond donors (Lipinski definition) is 1. The molecule has 1 fully saturated rings. The van der Waals surface area contributed by atoms with Gasteiger partial charge in [0.1, 0.15) is 0 Å². The van der Waals surface area contributed by atoms with Crippen molar-refractivity contribution in [3.05, 3.63) is 34.1 Å². The fourth-order valence-electron chi connectivity index (χ4n) is 3.30. The van der Waals surface area contributed by atoms with E-state index in [4.69, 9.17) is 0 Å². The Morgan fingerprint density at radius 2 is 2.04 bits per heavy atom. The van der Waals surface area contributed by atoms with Crippen molar-refractivity contribution in [1.29, 1.82) is 0 Å². The van der Waals surface area contributed by atoms with E-state index in [0.29, 0.717) is 22.1 Å². The van der Waals surface area contributed by atoms with Gasteiger partial charge in [-0.2, -0.15) is 0 Å². The second-order valence-corrected chi connectivity index (χ2v) is 8.03. The Kier molecular flexibility index (Phi) is 5.47. The molecule has 134 valence electrons. The number of hydrogen-bond acceptors (Lipinski definition) is 4. The summed E-state index contributed by atoms with van der Waals surface area (Å²) in [6, 6.07) is 5.95. The van der Waals surface area contributed by atoms with Gasteiger partial charge in [-0.15, -0.1) is 0 Å². The predicted octanol–water partition coefficient (Wildman–Crippen LogP) is 3.03. The number of aromatic nitrogens is 2. The van der Waals surface area contributed by atoms with Crippen molar-refractivity contribution in [3.8, 4) is 0 Å². The highest BCUT2D eigenvalue weighted by molar-refractivity contribution is 7.99. The maximum Gasteiger partial charge on any atom is 0.261 e. The first-order valence-electron chi connectivity index (χ1n) is 8.83. The number of thioether (sulfide) groups is 1. The molecular formula is C19H25N3O2S. The topological polar surface area (TPSA) is 64.0 Å². The van der Waals surface area contributed by atoms with Gasteiger partial charge in [0.25, 0.3) is 5.56 Å². The van der Waals surface area contributed by atoms with E-state index < -0.39 is 0 Å². The average Bonchev–Trinajstić information content (AvgIpc) is 2.59. The second-order valence-electron chi connectivity index (χ2n) is 7.09. The Labute approximate surface area is 152 Å². The molecule has 1 aromatic carbocycles. The number of nitrogens with zero attached hydrogens (tertiary/aromatic N) is 2. The fourth-order valence-corrected chi connectivity index (χ4v) is 4.08. The van der Waals surface area contributed by atoms with Crippen LogP contribution in [0.2, 0.25) is 0 Å². The number of carbonyl (C=O) groups is 1. The Morgan fingerprint density at radius 1 is 1.32 bits per heavy atom. The van der Waals surface area contributed by atoms with Crippen molar-refractivity contribution < 1.29 is 4.79 Å². The van der Waals surface area contributed by atoms with Crippen molar-refractivity contribution in [2.45, 2.75) is 50.7 Å². The first-order chi connectivity index (χ1) is 11.9. The monoisotopic (exact) mass is 359 g/mol. The van der Waals surface area contributed by atoms with Crippen LogP contribution >= 0.6 is 11.8 Å². The number of fused-ring (bicyclic) bond motifs is 1. The van der Waals surface area contributed by atoms with Gasteiger partial charge in [0.2, 0.25) is 5.91 Å². The zero-order chi connectivity index (χ0) is 18.0. The molecule has 25 heavy (non-hydrogen) atoms. The SMILES string of the molecule is Cc1ccc2nc(SCC(=O)NC3CCC(C)CC3)n(C)c(=O)c2c1. The Balaban J connectivity index is 1.66. The fraction of sp³-hybridized carbons (Fsp3) is 0.526. The highest BCUT2D eigenvalue weighted by Crippen LogP contribution is 2.24. The third kappa shape index (κ3) is 4.24. The van der Waals surface area contributed by atoms with E-state index in [1.165, 1.54) is 29.2 Å². The lowest BCUT2D eigenvalue weighted by Gasteiger charge is -2.26. The van der Waals surface area contributed by atoms with E-state index in [9.17, 15) is 9.59 Å². The third-order valence-electron chi connectivity index (χ3n) is 4.90. The Bertz CT molecular complexity index is 838. The van der Waals surface area contributed by atoms with Gasteiger partial charge in [-0.3, -0.25) is 14.2 Å². The zero-order valence-corrected chi connectivity index (χ0v) is 15.9. The quantitative estimate of drug-likeness (QED) is 0.673. The highest BCUT2D eigenvalue weighted by Gasteiger charge is 2.20. The summed E-state index contributed by atoms with van der Waals surface area (Å²) in [7, 11) is 1.71. The van der Waals surface area contributed by atoms with Gasteiger partial charge in [0.05, 0.1) is 16.7 Å². The molecule has 1 N–H and O–H groups in total. The minimum absolute atomic E-state index is 0.0165. The summed E-state index contributed by atoms with van der Waals surface area (Å²) in [5.74, 6) is 1.06. The normalized spacial score (nSPS) is 20.6. The van der Waals surface area contributed by atoms with Crippen LogP contribution in [0.1, 0.15) is 38.2 Å². The van der Waals surface area contributed by atoms with E-state index in [2.05, 4.69) is 17.2 Å². The number of amides is 1. The van der Waals surface area contributed by atoms with E-state index in [0.717, 1.165) is 24.3 Å². The van der Waals surface area contributed by atoms with E-state index >= 15 is 0 Å². The van der Waals surface area contributed by atoms with Gasteiger partial charge in [-0.1, -0.05) is 30.3 Å². The smallest absolute Gasteiger partial charge is 0.261 e. The summed E-state index contributed by atoms with van der Waals surface area (Å²) in [4.78, 5) is 29.3. The standard InChI is InChI=1S/C19H25N3O2S/c1-12-4-7-14(8-5-12)20-17(23)11-25-19-21-16-9-6-13(2)10-15(16)18(24)22(19)3/h6,9-10,12,14H,4-5,7-8,11H2,1-3H3,(H,20,23). The van der Waals surface area contributed by atoms with Crippen LogP contribution in [0.15, 0.2) is 28.2 Å². The van der Waals surface area contributed by atoms with Crippen LogP contribution in [-0.2, 0) is 11.8 Å². The van der Waals surface area contributed by atoms with Crippen LogP contribution in [0, 0.1) is 12.8 Å². The summed E-state index contributed by atoms with van der Waals surface area (Å²) < 4.78 is 1.53. The first-order valence-corrected chi connectivity index (χ1v) is 9.82. The summed E-state index contributed by atoms with van der Waals surface area (Å²) in [6.07, 6.45) is 4.48. The molecule has 0 spiro atoms. The molecule has 0 radical (unpaired) electrons. The minimum atomic E-state index is -0.0714. The van der Waals surface area contributed by atoms with Gasteiger partial charge < -0.3 is 5.32 Å². The summed E-state index contributed by atoms with van der Waals surface area (Å²) >= 11 is 1.32. The lowest BCUT2D eigenvalue weighted by molar-refractivity contribution is -0.119. The van der Waals surface area contributed by atoms with Gasteiger partial charge in [-0.05, 0) is 50.7 Å². The molecule has 2 aromatic rings. The number of carbonyl (C=O) groups excluding carboxylic acids is 1. The molecule has 1 saturated carbocycles. The molecule has 1 heterocycles. The number of rotatable bonds is 4.